The van der Waals surface area contributed by atoms with E-state index in [0.29, 0.717) is 0 Å². The van der Waals surface area contributed by atoms with Crippen LogP contribution in [0.5, 0.6) is 0 Å². The van der Waals surface area contributed by atoms with E-state index < -0.39 is 0 Å². The van der Waals surface area contributed by atoms with Crippen LogP contribution in [0.3, 0.4) is 0 Å². The first-order valence-electron chi connectivity index (χ1n) is 4.78. The summed E-state index contributed by atoms with van der Waals surface area (Å²) in [6.07, 6.45) is 6.37. The summed E-state index contributed by atoms with van der Waals surface area (Å²) in [4.78, 5) is 0. The Kier molecular flexibility index (Phi) is 2.14. The van der Waals surface area contributed by atoms with Gasteiger partial charge >= 0.3 is 0 Å². The highest BCUT2D eigenvalue weighted by Gasteiger charge is 2.30. The van der Waals surface area contributed by atoms with Gasteiger partial charge in [-0.25, -0.2) is 0 Å². The molecule has 64 valence electrons. The molecule has 11 heavy (non-hydrogen) atoms. The van der Waals surface area contributed by atoms with Crippen LogP contribution in [0.25, 0.3) is 0 Å². The summed E-state index contributed by atoms with van der Waals surface area (Å²) < 4.78 is 0. The fourth-order valence-corrected chi connectivity index (χ4v) is 2.48. The summed E-state index contributed by atoms with van der Waals surface area (Å²) in [5.41, 5.74) is 0. The lowest BCUT2D eigenvalue weighted by Crippen LogP contribution is -2.48. The molecule has 1 saturated heterocycles. The van der Waals surface area contributed by atoms with Crippen molar-refractivity contribution in [2.75, 3.05) is 6.54 Å². The normalized spacial score (nSPS) is 45.0. The van der Waals surface area contributed by atoms with Gasteiger partial charge in [0.1, 0.15) is 0 Å². The van der Waals surface area contributed by atoms with E-state index in [0.717, 1.165) is 24.9 Å². The lowest BCUT2D eigenvalue weighted by Gasteiger charge is -2.38. The zero-order chi connectivity index (χ0) is 7.68. The van der Waals surface area contributed by atoms with Gasteiger partial charge in [-0.05, 0) is 25.2 Å². The Bertz CT molecular complexity index is 138. The average Bonchev–Trinajstić information content (AvgIpc) is 2.04. The van der Waals surface area contributed by atoms with Gasteiger partial charge in [0.2, 0.25) is 0 Å². The molecule has 1 heterocycles. The number of nitrogens with one attached hydrogen (secondary N) is 1. The average molecular weight is 155 g/mol. The van der Waals surface area contributed by atoms with Gasteiger partial charge in [0.15, 0.2) is 0 Å². The first kappa shape index (κ1) is 7.56. The van der Waals surface area contributed by atoms with Crippen LogP contribution in [0, 0.1) is 5.92 Å². The molecule has 1 saturated carbocycles. The highest BCUT2D eigenvalue weighted by molar-refractivity contribution is 4.87. The third-order valence-corrected chi connectivity index (χ3v) is 3.10. The van der Waals surface area contributed by atoms with Crippen molar-refractivity contribution in [3.8, 4) is 0 Å². The van der Waals surface area contributed by atoms with Crippen LogP contribution < -0.4 is 5.32 Å². The summed E-state index contributed by atoms with van der Waals surface area (Å²) in [5.74, 6) is 0.771. The number of aliphatic hydroxyl groups excluding tert-OH is 1. The fraction of sp³-hybridized carbons (Fsp3) is 1.00. The van der Waals surface area contributed by atoms with Crippen LogP contribution >= 0.6 is 0 Å². The topological polar surface area (TPSA) is 32.3 Å². The molecule has 2 fully saturated rings. The molecule has 0 aromatic rings. The summed E-state index contributed by atoms with van der Waals surface area (Å²) in [5, 5.41) is 12.8. The highest BCUT2D eigenvalue weighted by atomic mass is 16.3. The lowest BCUT2D eigenvalue weighted by molar-refractivity contribution is 0.0728. The Morgan fingerprint density at radius 3 is 2.91 bits per heavy atom. The number of hydrogen-bond donors (Lipinski definition) is 2. The van der Waals surface area contributed by atoms with E-state index in [2.05, 4.69) is 5.32 Å². The third kappa shape index (κ3) is 1.57. The standard InChI is InChI=1S/C9H17NO/c11-8-5-7-3-1-2-4-9(7)10-6-8/h7-11H,1-6H2. The minimum absolute atomic E-state index is 0.0747. The van der Waals surface area contributed by atoms with Gasteiger partial charge in [-0.3, -0.25) is 0 Å². The molecule has 2 N–H and O–H groups in total. The number of rotatable bonds is 0. The molecule has 0 bridgehead atoms. The Balaban J connectivity index is 1.93. The molecular formula is C9H17NO. The molecule has 0 spiro atoms. The monoisotopic (exact) mass is 155 g/mol. The Hall–Kier alpha value is -0.0800. The minimum Gasteiger partial charge on any atom is -0.392 e. The second kappa shape index (κ2) is 3.11. The van der Waals surface area contributed by atoms with Crippen molar-refractivity contribution in [2.24, 2.45) is 5.92 Å². The molecule has 2 rings (SSSR count). The van der Waals surface area contributed by atoms with E-state index in [1.165, 1.54) is 25.7 Å². The van der Waals surface area contributed by atoms with Crippen LogP contribution in [-0.2, 0) is 0 Å². The van der Waals surface area contributed by atoms with Gasteiger partial charge in [0, 0.05) is 12.6 Å². The molecule has 0 amide bonds. The third-order valence-electron chi connectivity index (χ3n) is 3.10. The SMILES string of the molecule is OC1CNC2CCCCC2C1. The quantitative estimate of drug-likeness (QED) is 0.544. The van der Waals surface area contributed by atoms with Gasteiger partial charge in [-0.15, -0.1) is 0 Å². The maximum absolute atomic E-state index is 9.39. The van der Waals surface area contributed by atoms with Crippen LogP contribution in [-0.4, -0.2) is 23.8 Å². The number of hydrogen-bond acceptors (Lipinski definition) is 2. The summed E-state index contributed by atoms with van der Waals surface area (Å²) in [7, 11) is 0. The smallest absolute Gasteiger partial charge is 0.0667 e. The fourth-order valence-electron chi connectivity index (χ4n) is 2.48. The van der Waals surface area contributed by atoms with E-state index in [4.69, 9.17) is 0 Å². The number of piperidine rings is 1. The maximum atomic E-state index is 9.39. The molecule has 0 aromatic heterocycles. The second-order valence-electron chi connectivity index (χ2n) is 3.95. The Morgan fingerprint density at radius 2 is 2.00 bits per heavy atom. The van der Waals surface area contributed by atoms with Crippen LogP contribution in [0.2, 0.25) is 0 Å². The van der Waals surface area contributed by atoms with E-state index in [1.807, 2.05) is 0 Å². The van der Waals surface area contributed by atoms with Crippen molar-refractivity contribution < 1.29 is 5.11 Å². The largest absolute Gasteiger partial charge is 0.392 e. The van der Waals surface area contributed by atoms with E-state index in [9.17, 15) is 5.11 Å². The number of fused-ring (bicyclic) bond motifs is 1. The van der Waals surface area contributed by atoms with Crippen molar-refractivity contribution in [3.05, 3.63) is 0 Å². The van der Waals surface area contributed by atoms with Crippen LogP contribution in [0.4, 0.5) is 0 Å². The first-order valence-corrected chi connectivity index (χ1v) is 4.78. The summed E-state index contributed by atoms with van der Waals surface area (Å²) in [6, 6.07) is 0.729. The zero-order valence-electron chi connectivity index (χ0n) is 6.92. The predicted octanol–water partition coefficient (Wildman–Crippen LogP) is 0.899. The molecule has 3 atom stereocenters. The summed E-state index contributed by atoms with van der Waals surface area (Å²) in [6.45, 7) is 0.821. The van der Waals surface area contributed by atoms with Gasteiger partial charge in [0.05, 0.1) is 6.10 Å². The molecule has 1 aliphatic carbocycles. The van der Waals surface area contributed by atoms with Gasteiger partial charge < -0.3 is 10.4 Å². The Labute approximate surface area is 68.0 Å². The van der Waals surface area contributed by atoms with Gasteiger partial charge in [0.25, 0.3) is 0 Å². The molecule has 0 radical (unpaired) electrons. The molecule has 2 heteroatoms. The van der Waals surface area contributed by atoms with Gasteiger partial charge in [-0.2, -0.15) is 0 Å². The number of β-amino-alcohol motifs (C(OH)–C–C–N with tert-alkyl or cyclic N) is 1. The van der Waals surface area contributed by atoms with E-state index in [-0.39, 0.29) is 6.10 Å². The van der Waals surface area contributed by atoms with Crippen molar-refractivity contribution in [1.82, 2.24) is 5.32 Å². The molecule has 2 aliphatic rings. The Morgan fingerprint density at radius 1 is 1.18 bits per heavy atom. The lowest BCUT2D eigenvalue weighted by atomic mass is 9.79. The highest BCUT2D eigenvalue weighted by Crippen LogP contribution is 2.30. The molecular weight excluding hydrogens is 138 g/mol. The maximum Gasteiger partial charge on any atom is 0.0667 e. The molecule has 0 aromatic carbocycles. The predicted molar refractivity (Wildman–Crippen MR) is 44.4 cm³/mol. The number of aliphatic hydroxyl groups is 1. The van der Waals surface area contributed by atoms with E-state index in [1.54, 1.807) is 0 Å². The van der Waals surface area contributed by atoms with Crippen molar-refractivity contribution in [1.29, 1.82) is 0 Å². The van der Waals surface area contributed by atoms with Crippen LogP contribution in [0.1, 0.15) is 32.1 Å². The summed E-state index contributed by atoms with van der Waals surface area (Å²) >= 11 is 0. The van der Waals surface area contributed by atoms with Crippen molar-refractivity contribution >= 4 is 0 Å². The minimum atomic E-state index is -0.0747. The molecule has 2 nitrogen and oxygen atoms in total. The molecule has 1 aliphatic heterocycles. The first-order chi connectivity index (χ1) is 5.36. The van der Waals surface area contributed by atoms with Crippen molar-refractivity contribution in [2.45, 2.75) is 44.2 Å². The van der Waals surface area contributed by atoms with Gasteiger partial charge in [-0.1, -0.05) is 12.8 Å². The molecule has 3 unspecified atom stereocenters. The second-order valence-corrected chi connectivity index (χ2v) is 3.95. The van der Waals surface area contributed by atoms with Crippen molar-refractivity contribution in [3.63, 3.8) is 0 Å². The van der Waals surface area contributed by atoms with E-state index >= 15 is 0 Å². The van der Waals surface area contributed by atoms with Crippen LogP contribution in [0.15, 0.2) is 0 Å². The zero-order valence-corrected chi connectivity index (χ0v) is 6.92.